The zero-order valence-electron chi connectivity index (χ0n) is 13.2. The average molecular weight is 295 g/mol. The number of nitrogens with one attached hydrogen (secondary N) is 1. The Balaban J connectivity index is 2.07. The average Bonchev–Trinajstić information content (AvgIpc) is 2.48. The summed E-state index contributed by atoms with van der Waals surface area (Å²) in [5.41, 5.74) is 0.878. The van der Waals surface area contributed by atoms with Crippen LogP contribution in [0.25, 0.3) is 0 Å². The Bertz CT molecular complexity index is 450. The second-order valence-corrected chi connectivity index (χ2v) is 6.03. The molecule has 21 heavy (non-hydrogen) atoms. The summed E-state index contributed by atoms with van der Waals surface area (Å²) in [4.78, 5) is 0. The van der Waals surface area contributed by atoms with Crippen molar-refractivity contribution in [1.82, 2.24) is 5.32 Å². The predicted octanol–water partition coefficient (Wildman–Crippen LogP) is 3.66. The van der Waals surface area contributed by atoms with Gasteiger partial charge in [0, 0.05) is 31.7 Å². The second kappa shape index (κ2) is 7.76. The molecule has 4 heteroatoms. The summed E-state index contributed by atoms with van der Waals surface area (Å²) in [7, 11) is 1.73. The summed E-state index contributed by atoms with van der Waals surface area (Å²) in [5, 5.41) is 3.32. The van der Waals surface area contributed by atoms with Gasteiger partial charge in [0.05, 0.1) is 6.10 Å². The zero-order chi connectivity index (χ0) is 15.2. The smallest absolute Gasteiger partial charge is 0.165 e. The van der Waals surface area contributed by atoms with E-state index in [0.717, 1.165) is 31.2 Å². The van der Waals surface area contributed by atoms with E-state index in [0.29, 0.717) is 18.3 Å². The van der Waals surface area contributed by atoms with E-state index in [4.69, 9.17) is 9.47 Å². The highest BCUT2D eigenvalue weighted by Gasteiger charge is 2.24. The summed E-state index contributed by atoms with van der Waals surface area (Å²) in [6, 6.07) is 5.47. The van der Waals surface area contributed by atoms with Gasteiger partial charge in [-0.2, -0.15) is 0 Å². The highest BCUT2D eigenvalue weighted by atomic mass is 19.1. The van der Waals surface area contributed by atoms with Crippen LogP contribution in [0.4, 0.5) is 4.39 Å². The van der Waals surface area contributed by atoms with Gasteiger partial charge in [-0.25, -0.2) is 4.39 Å². The minimum Gasteiger partial charge on any atom is -0.487 e. The fourth-order valence-corrected chi connectivity index (χ4v) is 2.73. The summed E-state index contributed by atoms with van der Waals surface area (Å²) < 4.78 is 25.5. The van der Waals surface area contributed by atoms with Gasteiger partial charge < -0.3 is 14.8 Å². The van der Waals surface area contributed by atoms with E-state index in [1.165, 1.54) is 6.07 Å². The number of hydrogen-bond donors (Lipinski definition) is 1. The lowest BCUT2D eigenvalue weighted by atomic mass is 9.95. The van der Waals surface area contributed by atoms with Crippen LogP contribution in [0.5, 0.6) is 5.75 Å². The highest BCUT2D eigenvalue weighted by Crippen LogP contribution is 2.29. The van der Waals surface area contributed by atoms with Gasteiger partial charge in [-0.1, -0.05) is 26.0 Å². The van der Waals surface area contributed by atoms with Crippen LogP contribution in [0.1, 0.15) is 45.1 Å². The number of para-hydroxylation sites is 1. The van der Waals surface area contributed by atoms with Crippen molar-refractivity contribution < 1.29 is 13.9 Å². The van der Waals surface area contributed by atoms with Crippen molar-refractivity contribution in [3.63, 3.8) is 0 Å². The fraction of sp³-hybridized carbons (Fsp3) is 0.647. The molecular weight excluding hydrogens is 269 g/mol. The van der Waals surface area contributed by atoms with E-state index in [1.54, 1.807) is 13.2 Å². The predicted molar refractivity (Wildman–Crippen MR) is 82.1 cm³/mol. The largest absolute Gasteiger partial charge is 0.487 e. The molecule has 2 unspecified atom stereocenters. The van der Waals surface area contributed by atoms with Crippen molar-refractivity contribution in [3.05, 3.63) is 29.6 Å². The molecule has 2 rings (SSSR count). The van der Waals surface area contributed by atoms with Gasteiger partial charge in [0.1, 0.15) is 6.10 Å². The SMILES string of the molecule is COC1CCCC(Oc2c(F)cccc2CNC(C)C)C1. The molecule has 1 fully saturated rings. The molecule has 0 aromatic heterocycles. The molecule has 1 saturated carbocycles. The lowest BCUT2D eigenvalue weighted by Gasteiger charge is -2.29. The van der Waals surface area contributed by atoms with Crippen molar-refractivity contribution in [2.75, 3.05) is 7.11 Å². The molecule has 118 valence electrons. The first-order valence-corrected chi connectivity index (χ1v) is 7.80. The van der Waals surface area contributed by atoms with E-state index < -0.39 is 0 Å². The van der Waals surface area contributed by atoms with Crippen LogP contribution in [0.3, 0.4) is 0 Å². The molecule has 1 aliphatic carbocycles. The van der Waals surface area contributed by atoms with E-state index >= 15 is 0 Å². The first-order chi connectivity index (χ1) is 10.1. The molecule has 1 aromatic carbocycles. The summed E-state index contributed by atoms with van der Waals surface area (Å²) >= 11 is 0. The van der Waals surface area contributed by atoms with E-state index in [9.17, 15) is 4.39 Å². The van der Waals surface area contributed by atoms with Gasteiger partial charge in [0.15, 0.2) is 11.6 Å². The van der Waals surface area contributed by atoms with Crippen molar-refractivity contribution in [2.24, 2.45) is 0 Å². The molecular formula is C17H26FNO2. The van der Waals surface area contributed by atoms with Crippen LogP contribution < -0.4 is 10.1 Å². The van der Waals surface area contributed by atoms with Crippen molar-refractivity contribution in [3.8, 4) is 5.75 Å². The van der Waals surface area contributed by atoms with E-state index in [-0.39, 0.29) is 18.0 Å². The zero-order valence-corrected chi connectivity index (χ0v) is 13.2. The number of methoxy groups -OCH3 is 1. The van der Waals surface area contributed by atoms with Gasteiger partial charge in [0.2, 0.25) is 0 Å². The molecule has 0 heterocycles. The molecule has 0 amide bonds. The molecule has 0 aliphatic heterocycles. The fourth-order valence-electron chi connectivity index (χ4n) is 2.73. The topological polar surface area (TPSA) is 30.5 Å². The van der Waals surface area contributed by atoms with E-state index in [2.05, 4.69) is 19.2 Å². The van der Waals surface area contributed by atoms with Gasteiger partial charge in [0.25, 0.3) is 0 Å². The van der Waals surface area contributed by atoms with Gasteiger partial charge >= 0.3 is 0 Å². The number of benzene rings is 1. The number of rotatable bonds is 6. The third kappa shape index (κ3) is 4.68. The first-order valence-electron chi connectivity index (χ1n) is 7.80. The summed E-state index contributed by atoms with van der Waals surface area (Å²) in [6.07, 6.45) is 4.20. The third-order valence-corrected chi connectivity index (χ3v) is 3.95. The molecule has 0 spiro atoms. The van der Waals surface area contributed by atoms with Crippen LogP contribution in [0.2, 0.25) is 0 Å². The number of hydrogen-bond acceptors (Lipinski definition) is 3. The quantitative estimate of drug-likeness (QED) is 0.869. The number of halogens is 1. The molecule has 0 bridgehead atoms. The molecule has 2 atom stereocenters. The first kappa shape index (κ1) is 16.2. The third-order valence-electron chi connectivity index (χ3n) is 3.95. The summed E-state index contributed by atoms with van der Waals surface area (Å²) in [5.74, 6) is 0.116. The van der Waals surface area contributed by atoms with Crippen molar-refractivity contribution >= 4 is 0 Å². The van der Waals surface area contributed by atoms with Crippen LogP contribution in [0.15, 0.2) is 18.2 Å². The van der Waals surface area contributed by atoms with Crippen molar-refractivity contribution in [2.45, 2.75) is 64.3 Å². The summed E-state index contributed by atoms with van der Waals surface area (Å²) in [6.45, 7) is 4.76. The Morgan fingerprint density at radius 1 is 1.29 bits per heavy atom. The Morgan fingerprint density at radius 3 is 2.76 bits per heavy atom. The molecule has 3 nitrogen and oxygen atoms in total. The lowest BCUT2D eigenvalue weighted by Crippen LogP contribution is -2.30. The van der Waals surface area contributed by atoms with Crippen LogP contribution >= 0.6 is 0 Å². The lowest BCUT2D eigenvalue weighted by molar-refractivity contribution is 0.0194. The second-order valence-electron chi connectivity index (χ2n) is 6.03. The van der Waals surface area contributed by atoms with Gasteiger partial charge in [-0.05, 0) is 25.3 Å². The Hall–Kier alpha value is -1.13. The maximum absolute atomic E-state index is 14.1. The van der Waals surface area contributed by atoms with Crippen LogP contribution in [0, 0.1) is 5.82 Å². The maximum atomic E-state index is 14.1. The monoisotopic (exact) mass is 295 g/mol. The number of ether oxygens (including phenoxy) is 2. The maximum Gasteiger partial charge on any atom is 0.165 e. The van der Waals surface area contributed by atoms with Gasteiger partial charge in [-0.15, -0.1) is 0 Å². The molecule has 1 aromatic rings. The van der Waals surface area contributed by atoms with Gasteiger partial charge in [-0.3, -0.25) is 0 Å². The molecule has 1 aliphatic rings. The Morgan fingerprint density at radius 2 is 2.05 bits per heavy atom. The molecule has 1 N–H and O–H groups in total. The Labute approximate surface area is 126 Å². The molecule has 0 saturated heterocycles. The van der Waals surface area contributed by atoms with Crippen LogP contribution in [-0.4, -0.2) is 25.4 Å². The van der Waals surface area contributed by atoms with Crippen molar-refractivity contribution in [1.29, 1.82) is 0 Å². The van der Waals surface area contributed by atoms with Crippen LogP contribution in [-0.2, 0) is 11.3 Å². The minimum atomic E-state index is -0.280. The Kier molecular flexibility index (Phi) is 6.00. The molecule has 0 radical (unpaired) electrons. The highest BCUT2D eigenvalue weighted by molar-refractivity contribution is 5.35. The normalized spacial score (nSPS) is 22.5. The standard InChI is InChI=1S/C17H26FNO2/c1-12(2)19-11-13-6-4-9-16(18)17(13)21-15-8-5-7-14(10-15)20-3/h4,6,9,12,14-15,19H,5,7-8,10-11H2,1-3H3. The minimum absolute atomic E-state index is 0.0402. The van der Waals surface area contributed by atoms with E-state index in [1.807, 2.05) is 6.07 Å².